The van der Waals surface area contributed by atoms with Crippen molar-refractivity contribution in [1.29, 1.82) is 0 Å². The molecule has 29 heavy (non-hydrogen) atoms. The molecule has 2 aromatic heterocycles. The van der Waals surface area contributed by atoms with Gasteiger partial charge in [-0.2, -0.15) is 0 Å². The van der Waals surface area contributed by atoms with Crippen LogP contribution in [-0.2, 0) is 16.1 Å². The van der Waals surface area contributed by atoms with Crippen LogP contribution in [0.25, 0.3) is 0 Å². The number of H-pyrrole nitrogens is 1. The topological polar surface area (TPSA) is 92.6 Å². The average molecular weight is 400 g/mol. The first kappa shape index (κ1) is 20.9. The van der Waals surface area contributed by atoms with E-state index in [2.05, 4.69) is 4.98 Å². The number of aromatic amines is 1. The number of Topliss-reactive ketones (excluding diaryl/α,β-unsaturated/α-hetero) is 1. The first-order valence-electron chi connectivity index (χ1n) is 10.1. The summed E-state index contributed by atoms with van der Waals surface area (Å²) in [6.45, 7) is 7.43. The smallest absolute Gasteiger partial charge is 0.355 e. The van der Waals surface area contributed by atoms with Gasteiger partial charge < -0.3 is 19.0 Å². The Morgan fingerprint density at radius 3 is 2.59 bits per heavy atom. The minimum atomic E-state index is -0.684. The van der Waals surface area contributed by atoms with Crippen molar-refractivity contribution in [1.82, 2.24) is 9.88 Å². The quantitative estimate of drug-likeness (QED) is 0.537. The van der Waals surface area contributed by atoms with E-state index in [4.69, 9.17) is 9.15 Å². The highest BCUT2D eigenvalue weighted by atomic mass is 16.5. The normalized spacial score (nSPS) is 14.9. The summed E-state index contributed by atoms with van der Waals surface area (Å²) in [5.41, 5.74) is 1.86. The number of aromatic nitrogens is 1. The van der Waals surface area contributed by atoms with Crippen molar-refractivity contribution in [3.8, 4) is 0 Å². The zero-order valence-electron chi connectivity index (χ0n) is 17.4. The molecule has 3 rings (SSSR count). The molecule has 1 aliphatic carbocycles. The summed E-state index contributed by atoms with van der Waals surface area (Å²) in [5.74, 6) is -0.121. The van der Waals surface area contributed by atoms with Gasteiger partial charge in [-0.1, -0.05) is 6.42 Å². The fraction of sp³-hybridized carbons (Fsp3) is 0.500. The van der Waals surface area contributed by atoms with Crippen LogP contribution in [0.15, 0.2) is 22.8 Å². The van der Waals surface area contributed by atoms with Gasteiger partial charge in [0.15, 0.2) is 5.78 Å². The summed E-state index contributed by atoms with van der Waals surface area (Å²) < 4.78 is 10.5. The van der Waals surface area contributed by atoms with Gasteiger partial charge in [-0.25, -0.2) is 4.79 Å². The summed E-state index contributed by atoms with van der Waals surface area (Å²) >= 11 is 0. The summed E-state index contributed by atoms with van der Waals surface area (Å²) in [4.78, 5) is 43.2. The van der Waals surface area contributed by atoms with Crippen LogP contribution in [0.2, 0.25) is 0 Å². The lowest BCUT2D eigenvalue weighted by Gasteiger charge is -2.34. The molecule has 1 atom stereocenters. The third-order valence-corrected chi connectivity index (χ3v) is 5.65. The van der Waals surface area contributed by atoms with Crippen LogP contribution in [0.1, 0.15) is 71.0 Å². The maximum atomic E-state index is 13.4. The molecule has 2 heterocycles. The molecule has 0 saturated heterocycles. The van der Waals surface area contributed by atoms with Crippen LogP contribution in [0.5, 0.6) is 0 Å². The Kier molecular flexibility index (Phi) is 6.25. The minimum Gasteiger partial charge on any atom is -0.467 e. The van der Waals surface area contributed by atoms with Crippen molar-refractivity contribution < 1.29 is 23.5 Å². The fourth-order valence-electron chi connectivity index (χ4n) is 3.74. The largest absolute Gasteiger partial charge is 0.467 e. The maximum Gasteiger partial charge on any atom is 0.355 e. The van der Waals surface area contributed by atoms with Crippen LogP contribution in [0.4, 0.5) is 0 Å². The first-order chi connectivity index (χ1) is 13.8. The van der Waals surface area contributed by atoms with Crippen molar-refractivity contribution in [3.05, 3.63) is 46.7 Å². The predicted molar refractivity (Wildman–Crippen MR) is 107 cm³/mol. The molecule has 7 nitrogen and oxygen atoms in total. The molecule has 156 valence electrons. The van der Waals surface area contributed by atoms with E-state index in [9.17, 15) is 14.4 Å². The number of rotatable bonds is 8. The number of amides is 1. The number of nitrogens with one attached hydrogen (secondary N) is 1. The number of ketones is 1. The molecule has 1 aliphatic rings. The van der Waals surface area contributed by atoms with Gasteiger partial charge >= 0.3 is 5.97 Å². The lowest BCUT2D eigenvalue weighted by Crippen LogP contribution is -2.47. The van der Waals surface area contributed by atoms with E-state index in [1.54, 1.807) is 51.0 Å². The molecule has 0 spiro atoms. The standard InChI is InChI=1S/C22H28N2O5/c1-5-28-22(27)19-13(2)18(14(3)23-19)20(25)15(4)24(12-17-10-7-11-29-17)21(26)16-8-6-9-16/h7,10-11,15-16,23H,5-6,8-9,12H2,1-4H3. The zero-order valence-corrected chi connectivity index (χ0v) is 17.4. The van der Waals surface area contributed by atoms with Gasteiger partial charge in [0, 0.05) is 17.2 Å². The van der Waals surface area contributed by atoms with Crippen LogP contribution in [-0.4, -0.2) is 40.2 Å². The van der Waals surface area contributed by atoms with Gasteiger partial charge in [0.05, 0.1) is 25.5 Å². The van der Waals surface area contributed by atoms with E-state index in [0.29, 0.717) is 22.6 Å². The van der Waals surface area contributed by atoms with E-state index < -0.39 is 12.0 Å². The maximum absolute atomic E-state index is 13.4. The van der Waals surface area contributed by atoms with E-state index in [-0.39, 0.29) is 36.5 Å². The van der Waals surface area contributed by atoms with E-state index >= 15 is 0 Å². The van der Waals surface area contributed by atoms with Gasteiger partial charge in [-0.15, -0.1) is 0 Å². The fourth-order valence-corrected chi connectivity index (χ4v) is 3.74. The monoisotopic (exact) mass is 400 g/mol. The lowest BCUT2D eigenvalue weighted by atomic mass is 9.83. The molecule has 7 heteroatoms. The highest BCUT2D eigenvalue weighted by Gasteiger charge is 2.36. The molecule has 0 bridgehead atoms. The number of carbonyl (C=O) groups excluding carboxylic acids is 3. The molecule has 0 radical (unpaired) electrons. The van der Waals surface area contributed by atoms with Crippen molar-refractivity contribution in [3.63, 3.8) is 0 Å². The van der Waals surface area contributed by atoms with E-state index in [0.717, 1.165) is 19.3 Å². The Bertz CT molecular complexity index is 893. The number of esters is 1. The lowest BCUT2D eigenvalue weighted by molar-refractivity contribution is -0.140. The third kappa shape index (κ3) is 4.13. The molecule has 2 aromatic rings. The molecule has 1 saturated carbocycles. The highest BCUT2D eigenvalue weighted by Crippen LogP contribution is 2.31. The van der Waals surface area contributed by atoms with E-state index in [1.807, 2.05) is 0 Å². The molecular weight excluding hydrogens is 372 g/mol. The van der Waals surface area contributed by atoms with Crippen molar-refractivity contribution in [2.75, 3.05) is 6.61 Å². The number of aryl methyl sites for hydroxylation is 1. The first-order valence-corrected chi connectivity index (χ1v) is 10.1. The van der Waals surface area contributed by atoms with Crippen LogP contribution in [0, 0.1) is 19.8 Å². The van der Waals surface area contributed by atoms with Crippen LogP contribution >= 0.6 is 0 Å². The number of ether oxygens (including phenoxy) is 1. The predicted octanol–water partition coefficient (Wildman–Crippen LogP) is 3.80. The SMILES string of the molecule is CCOC(=O)c1[nH]c(C)c(C(=O)C(C)N(Cc2ccco2)C(=O)C2CCC2)c1C. The zero-order chi connectivity index (χ0) is 21.1. The number of hydrogen-bond acceptors (Lipinski definition) is 5. The third-order valence-electron chi connectivity index (χ3n) is 5.65. The number of carbonyl (C=O) groups is 3. The van der Waals surface area contributed by atoms with Crippen LogP contribution < -0.4 is 0 Å². The van der Waals surface area contributed by atoms with Crippen LogP contribution in [0.3, 0.4) is 0 Å². The average Bonchev–Trinajstić information content (AvgIpc) is 3.25. The molecule has 1 fully saturated rings. The Balaban J connectivity index is 1.89. The van der Waals surface area contributed by atoms with Crippen molar-refractivity contribution in [2.24, 2.45) is 5.92 Å². The van der Waals surface area contributed by atoms with Gasteiger partial charge in [0.2, 0.25) is 5.91 Å². The number of hydrogen-bond donors (Lipinski definition) is 1. The molecule has 1 amide bonds. The van der Waals surface area contributed by atoms with Gasteiger partial charge in [-0.05, 0) is 58.2 Å². The molecular formula is C22H28N2O5. The second-order valence-electron chi connectivity index (χ2n) is 7.56. The molecule has 0 aromatic carbocycles. The molecule has 1 N–H and O–H groups in total. The van der Waals surface area contributed by atoms with Crippen molar-refractivity contribution in [2.45, 2.75) is 59.5 Å². The second-order valence-corrected chi connectivity index (χ2v) is 7.56. The summed E-state index contributed by atoms with van der Waals surface area (Å²) in [6.07, 6.45) is 4.29. The Hall–Kier alpha value is -2.83. The summed E-state index contributed by atoms with van der Waals surface area (Å²) in [7, 11) is 0. The second kappa shape index (κ2) is 8.68. The van der Waals surface area contributed by atoms with Gasteiger partial charge in [0.1, 0.15) is 11.5 Å². The Labute approximate surface area is 170 Å². The van der Waals surface area contributed by atoms with Gasteiger partial charge in [-0.3, -0.25) is 9.59 Å². The Morgan fingerprint density at radius 1 is 1.31 bits per heavy atom. The highest BCUT2D eigenvalue weighted by molar-refractivity contribution is 6.06. The molecule has 0 aliphatic heterocycles. The number of nitrogens with zero attached hydrogens (tertiary/aromatic N) is 1. The summed E-state index contributed by atoms with van der Waals surface area (Å²) in [5, 5.41) is 0. The summed E-state index contributed by atoms with van der Waals surface area (Å²) in [6, 6.07) is 2.88. The van der Waals surface area contributed by atoms with E-state index in [1.165, 1.54) is 0 Å². The van der Waals surface area contributed by atoms with Gasteiger partial charge in [0.25, 0.3) is 0 Å². The van der Waals surface area contributed by atoms with Crippen molar-refractivity contribution >= 4 is 17.7 Å². The number of furan rings is 1. The molecule has 1 unspecified atom stereocenters. The Morgan fingerprint density at radius 2 is 2.03 bits per heavy atom. The minimum absolute atomic E-state index is 0.0232.